The molecule has 1 aromatic heterocycles. The lowest BCUT2D eigenvalue weighted by Crippen LogP contribution is -2.24. The third-order valence-corrected chi connectivity index (χ3v) is 4.87. The molecule has 0 radical (unpaired) electrons. The van der Waals surface area contributed by atoms with Gasteiger partial charge >= 0.3 is 0 Å². The quantitative estimate of drug-likeness (QED) is 0.806. The van der Waals surface area contributed by atoms with E-state index in [0.29, 0.717) is 0 Å². The molecule has 3 nitrogen and oxygen atoms in total. The number of rotatable bonds is 6. The van der Waals surface area contributed by atoms with Crippen molar-refractivity contribution in [3.8, 4) is 0 Å². The molecule has 108 valence electrons. The van der Waals surface area contributed by atoms with E-state index >= 15 is 0 Å². The summed E-state index contributed by atoms with van der Waals surface area (Å²) in [6.45, 7) is 5.13. The van der Waals surface area contributed by atoms with Gasteiger partial charge in [0.2, 0.25) is 0 Å². The average molecular weight is 375 g/mol. The molecule has 0 fully saturated rings. The van der Waals surface area contributed by atoms with Crippen molar-refractivity contribution in [3.05, 3.63) is 43.8 Å². The first-order valence-electron chi connectivity index (χ1n) is 6.58. The zero-order valence-corrected chi connectivity index (χ0v) is 14.6. The van der Waals surface area contributed by atoms with Crippen LogP contribution in [-0.2, 0) is 6.42 Å². The lowest BCUT2D eigenvalue weighted by atomic mass is 10.0. The molecular formula is C14H17BrClN3S. The molecule has 0 saturated carbocycles. The SMILES string of the molecule is CCCNC(Cc1ccc(Br)cc1Cl)c1snnc1C. The Kier molecular flexibility index (Phi) is 5.96. The van der Waals surface area contributed by atoms with Gasteiger partial charge in [-0.15, -0.1) is 5.10 Å². The monoisotopic (exact) mass is 373 g/mol. The van der Waals surface area contributed by atoms with Crippen molar-refractivity contribution in [1.82, 2.24) is 14.9 Å². The van der Waals surface area contributed by atoms with E-state index in [0.717, 1.165) is 40.1 Å². The average Bonchev–Trinajstić information content (AvgIpc) is 2.83. The lowest BCUT2D eigenvalue weighted by Gasteiger charge is -2.18. The van der Waals surface area contributed by atoms with E-state index in [1.165, 1.54) is 16.4 Å². The highest BCUT2D eigenvalue weighted by molar-refractivity contribution is 9.10. The van der Waals surface area contributed by atoms with Crippen molar-refractivity contribution >= 4 is 39.1 Å². The second kappa shape index (κ2) is 7.50. The Labute approximate surface area is 137 Å². The highest BCUT2D eigenvalue weighted by Gasteiger charge is 2.18. The van der Waals surface area contributed by atoms with Crippen molar-refractivity contribution in [2.75, 3.05) is 6.54 Å². The second-order valence-electron chi connectivity index (χ2n) is 4.67. The van der Waals surface area contributed by atoms with Gasteiger partial charge in [-0.3, -0.25) is 0 Å². The molecule has 2 rings (SSSR count). The fraction of sp³-hybridized carbons (Fsp3) is 0.429. The van der Waals surface area contributed by atoms with Crippen LogP contribution in [0.25, 0.3) is 0 Å². The van der Waals surface area contributed by atoms with Crippen LogP contribution in [0.15, 0.2) is 22.7 Å². The van der Waals surface area contributed by atoms with Gasteiger partial charge < -0.3 is 5.32 Å². The molecule has 1 unspecified atom stereocenters. The number of nitrogens with one attached hydrogen (secondary N) is 1. The van der Waals surface area contributed by atoms with Gasteiger partial charge in [-0.1, -0.05) is 45.0 Å². The third-order valence-electron chi connectivity index (χ3n) is 3.08. The van der Waals surface area contributed by atoms with Crippen LogP contribution < -0.4 is 5.32 Å². The molecule has 2 aromatic rings. The minimum absolute atomic E-state index is 0.216. The summed E-state index contributed by atoms with van der Waals surface area (Å²) in [5.74, 6) is 0. The molecule has 1 aromatic carbocycles. The van der Waals surface area contributed by atoms with Crippen molar-refractivity contribution in [2.24, 2.45) is 0 Å². The number of aromatic nitrogens is 2. The fourth-order valence-corrected chi connectivity index (χ4v) is 3.51. The highest BCUT2D eigenvalue weighted by atomic mass is 79.9. The molecule has 1 heterocycles. The largest absolute Gasteiger partial charge is 0.309 e. The summed E-state index contributed by atoms with van der Waals surface area (Å²) in [6, 6.07) is 6.24. The van der Waals surface area contributed by atoms with Gasteiger partial charge in [-0.05, 0) is 55.5 Å². The van der Waals surface area contributed by atoms with Crippen molar-refractivity contribution < 1.29 is 0 Å². The zero-order chi connectivity index (χ0) is 14.5. The van der Waals surface area contributed by atoms with Gasteiger partial charge in [0.05, 0.1) is 10.6 Å². The first kappa shape index (κ1) is 15.9. The van der Waals surface area contributed by atoms with E-state index in [1.54, 1.807) is 0 Å². The topological polar surface area (TPSA) is 37.8 Å². The predicted molar refractivity (Wildman–Crippen MR) is 88.5 cm³/mol. The van der Waals surface area contributed by atoms with E-state index < -0.39 is 0 Å². The Hall–Kier alpha value is -0.490. The number of halogens is 2. The number of hydrogen-bond donors (Lipinski definition) is 1. The highest BCUT2D eigenvalue weighted by Crippen LogP contribution is 2.28. The van der Waals surface area contributed by atoms with Crippen LogP contribution in [0.5, 0.6) is 0 Å². The van der Waals surface area contributed by atoms with Crippen LogP contribution in [0.2, 0.25) is 5.02 Å². The van der Waals surface area contributed by atoms with Crippen molar-refractivity contribution in [3.63, 3.8) is 0 Å². The van der Waals surface area contributed by atoms with E-state index in [9.17, 15) is 0 Å². The maximum atomic E-state index is 6.32. The first-order chi connectivity index (χ1) is 9.61. The van der Waals surface area contributed by atoms with Gasteiger partial charge in [0.15, 0.2) is 0 Å². The van der Waals surface area contributed by atoms with Gasteiger partial charge in [-0.25, -0.2) is 0 Å². The van der Waals surface area contributed by atoms with Gasteiger partial charge in [0.25, 0.3) is 0 Å². The van der Waals surface area contributed by atoms with Gasteiger partial charge in [-0.2, -0.15) is 0 Å². The smallest absolute Gasteiger partial charge is 0.0772 e. The fourth-order valence-electron chi connectivity index (χ4n) is 2.04. The molecule has 0 spiro atoms. The molecule has 1 N–H and O–H groups in total. The van der Waals surface area contributed by atoms with Crippen LogP contribution in [0, 0.1) is 6.92 Å². The minimum atomic E-state index is 0.216. The van der Waals surface area contributed by atoms with Crippen LogP contribution >= 0.6 is 39.1 Å². The van der Waals surface area contributed by atoms with Gasteiger partial charge in [0, 0.05) is 15.5 Å². The molecule has 0 bridgehead atoms. The maximum absolute atomic E-state index is 6.32. The normalized spacial score (nSPS) is 12.6. The molecule has 0 aliphatic heterocycles. The van der Waals surface area contributed by atoms with E-state index in [-0.39, 0.29) is 6.04 Å². The molecule has 1 atom stereocenters. The summed E-state index contributed by atoms with van der Waals surface area (Å²) in [6.07, 6.45) is 1.94. The summed E-state index contributed by atoms with van der Waals surface area (Å²) in [5, 5.41) is 8.46. The van der Waals surface area contributed by atoms with Crippen molar-refractivity contribution in [2.45, 2.75) is 32.7 Å². The molecule has 0 aliphatic rings. The number of aryl methyl sites for hydroxylation is 1. The molecule has 6 heteroatoms. The summed E-state index contributed by atoms with van der Waals surface area (Å²) < 4.78 is 5.04. The Bertz CT molecular complexity index is 573. The minimum Gasteiger partial charge on any atom is -0.309 e. The van der Waals surface area contributed by atoms with E-state index in [4.69, 9.17) is 11.6 Å². The number of hydrogen-bond acceptors (Lipinski definition) is 4. The van der Waals surface area contributed by atoms with Crippen LogP contribution in [0.3, 0.4) is 0 Å². The Balaban J connectivity index is 2.21. The summed E-state index contributed by atoms with van der Waals surface area (Å²) in [4.78, 5) is 1.19. The molecule has 0 amide bonds. The number of nitrogens with zero attached hydrogens (tertiary/aromatic N) is 2. The Morgan fingerprint density at radius 1 is 1.45 bits per heavy atom. The van der Waals surface area contributed by atoms with Crippen molar-refractivity contribution in [1.29, 1.82) is 0 Å². The summed E-state index contributed by atoms with van der Waals surface area (Å²) in [7, 11) is 0. The third kappa shape index (κ3) is 4.01. The zero-order valence-electron chi connectivity index (χ0n) is 11.5. The Morgan fingerprint density at radius 3 is 2.85 bits per heavy atom. The van der Waals surface area contributed by atoms with Crippen LogP contribution in [0.4, 0.5) is 0 Å². The predicted octanol–water partition coefficient (Wildman–Crippen LogP) is 4.55. The summed E-state index contributed by atoms with van der Waals surface area (Å²) >= 11 is 11.2. The summed E-state index contributed by atoms with van der Waals surface area (Å²) in [5.41, 5.74) is 2.13. The van der Waals surface area contributed by atoms with Gasteiger partial charge in [0.1, 0.15) is 0 Å². The molecular weight excluding hydrogens is 358 g/mol. The Morgan fingerprint density at radius 2 is 2.25 bits per heavy atom. The van der Waals surface area contributed by atoms with Crippen LogP contribution in [0.1, 0.15) is 35.5 Å². The van der Waals surface area contributed by atoms with Crippen LogP contribution in [-0.4, -0.2) is 16.1 Å². The first-order valence-corrected chi connectivity index (χ1v) is 8.52. The van der Waals surface area contributed by atoms with E-state index in [1.807, 2.05) is 19.1 Å². The second-order valence-corrected chi connectivity index (χ2v) is 6.78. The molecule has 0 aliphatic carbocycles. The standard InChI is InChI=1S/C14H17BrClN3S/c1-3-6-17-13(14-9(2)18-19-20-14)7-10-4-5-11(15)8-12(10)16/h4-5,8,13,17H,3,6-7H2,1-2H3. The number of benzene rings is 1. The van der Waals surface area contributed by atoms with E-state index in [2.05, 4.69) is 43.8 Å². The molecule has 20 heavy (non-hydrogen) atoms. The molecule has 0 saturated heterocycles. The lowest BCUT2D eigenvalue weighted by molar-refractivity contribution is 0.533. The maximum Gasteiger partial charge on any atom is 0.0772 e.